The van der Waals surface area contributed by atoms with Gasteiger partial charge < -0.3 is 9.88 Å². The number of rotatable bonds is 1. The predicted molar refractivity (Wildman–Crippen MR) is 70.7 cm³/mol. The first-order valence-corrected chi connectivity index (χ1v) is 6.60. The van der Waals surface area contributed by atoms with Gasteiger partial charge >= 0.3 is 0 Å². The molecule has 16 heavy (non-hydrogen) atoms. The number of hydrogen-bond acceptors (Lipinski definition) is 1. The fourth-order valence-electron chi connectivity index (χ4n) is 2.70. The van der Waals surface area contributed by atoms with E-state index >= 15 is 0 Å². The predicted octanol–water partition coefficient (Wildman–Crippen LogP) is 3.07. The van der Waals surface area contributed by atoms with Crippen LogP contribution in [-0.4, -0.2) is 11.1 Å². The van der Waals surface area contributed by atoms with Gasteiger partial charge in [0, 0.05) is 40.7 Å². The van der Waals surface area contributed by atoms with Gasteiger partial charge in [-0.2, -0.15) is 0 Å². The molecule has 3 rings (SSSR count). The van der Waals surface area contributed by atoms with Crippen LogP contribution in [0.4, 0.5) is 0 Å². The second-order valence-corrected chi connectivity index (χ2v) is 5.18. The lowest BCUT2D eigenvalue weighted by Crippen LogP contribution is -2.28. The van der Waals surface area contributed by atoms with Crippen molar-refractivity contribution in [2.45, 2.75) is 26.4 Å². The molecule has 0 fully saturated rings. The van der Waals surface area contributed by atoms with Crippen LogP contribution in [0.15, 0.2) is 22.7 Å². The maximum absolute atomic E-state index is 3.56. The fourth-order valence-corrected chi connectivity index (χ4v) is 3.06. The highest BCUT2D eigenvalue weighted by Crippen LogP contribution is 2.30. The van der Waals surface area contributed by atoms with Crippen LogP contribution >= 0.6 is 15.9 Å². The van der Waals surface area contributed by atoms with E-state index in [4.69, 9.17) is 0 Å². The van der Waals surface area contributed by atoms with Crippen LogP contribution in [0.5, 0.6) is 0 Å². The van der Waals surface area contributed by atoms with Crippen LogP contribution in [0.3, 0.4) is 0 Å². The minimum Gasteiger partial charge on any atom is -0.342 e. The molecule has 0 spiro atoms. The molecular formula is C13H15BrN2. The van der Waals surface area contributed by atoms with Gasteiger partial charge in [-0.25, -0.2) is 0 Å². The zero-order valence-electron chi connectivity index (χ0n) is 9.39. The Labute approximate surface area is 104 Å². The SMILES string of the molecule is CCc1c2n(c3ccc(Br)cc13)CCNC2. The Balaban J connectivity index is 2.37. The maximum Gasteiger partial charge on any atom is 0.0487 e. The van der Waals surface area contributed by atoms with E-state index in [1.54, 1.807) is 0 Å². The summed E-state index contributed by atoms with van der Waals surface area (Å²) in [6, 6.07) is 6.62. The molecular weight excluding hydrogens is 264 g/mol. The molecule has 1 aliphatic heterocycles. The highest BCUT2D eigenvalue weighted by Gasteiger charge is 2.17. The number of hydrogen-bond donors (Lipinski definition) is 1. The second-order valence-electron chi connectivity index (χ2n) is 4.27. The number of nitrogens with one attached hydrogen (secondary N) is 1. The van der Waals surface area contributed by atoms with Crippen LogP contribution in [0, 0.1) is 0 Å². The van der Waals surface area contributed by atoms with Gasteiger partial charge in [0.2, 0.25) is 0 Å². The number of fused-ring (bicyclic) bond motifs is 3. The topological polar surface area (TPSA) is 17.0 Å². The third-order valence-corrected chi connectivity index (χ3v) is 3.90. The van der Waals surface area contributed by atoms with Crippen molar-refractivity contribution < 1.29 is 0 Å². The van der Waals surface area contributed by atoms with E-state index in [1.807, 2.05) is 0 Å². The van der Waals surface area contributed by atoms with E-state index in [9.17, 15) is 0 Å². The number of aromatic nitrogens is 1. The number of aryl methyl sites for hydroxylation is 1. The quantitative estimate of drug-likeness (QED) is 0.849. The molecule has 3 heteroatoms. The van der Waals surface area contributed by atoms with E-state index in [-0.39, 0.29) is 0 Å². The average molecular weight is 279 g/mol. The molecule has 2 aromatic rings. The summed E-state index contributed by atoms with van der Waals surface area (Å²) < 4.78 is 3.64. The highest BCUT2D eigenvalue weighted by molar-refractivity contribution is 9.10. The van der Waals surface area contributed by atoms with Gasteiger partial charge in [0.1, 0.15) is 0 Å². The number of nitrogens with zero attached hydrogens (tertiary/aromatic N) is 1. The smallest absolute Gasteiger partial charge is 0.0487 e. The van der Waals surface area contributed by atoms with Crippen molar-refractivity contribution in [2.24, 2.45) is 0 Å². The molecule has 0 saturated heterocycles. The van der Waals surface area contributed by atoms with Crippen molar-refractivity contribution in [3.05, 3.63) is 33.9 Å². The van der Waals surface area contributed by atoms with Gasteiger partial charge in [0.15, 0.2) is 0 Å². The lowest BCUT2D eigenvalue weighted by atomic mass is 10.1. The Morgan fingerprint density at radius 1 is 1.44 bits per heavy atom. The molecule has 0 atom stereocenters. The first-order valence-electron chi connectivity index (χ1n) is 5.81. The summed E-state index contributed by atoms with van der Waals surface area (Å²) in [6.45, 7) is 5.42. The van der Waals surface area contributed by atoms with Crippen molar-refractivity contribution in [1.82, 2.24) is 9.88 Å². The molecule has 1 aromatic heterocycles. The molecule has 1 aromatic carbocycles. The highest BCUT2D eigenvalue weighted by atomic mass is 79.9. The number of halogens is 1. The van der Waals surface area contributed by atoms with Crippen LogP contribution in [-0.2, 0) is 19.5 Å². The first kappa shape index (κ1) is 10.4. The van der Waals surface area contributed by atoms with Gasteiger partial charge in [0.25, 0.3) is 0 Å². The third kappa shape index (κ3) is 1.42. The van der Waals surface area contributed by atoms with E-state index < -0.39 is 0 Å². The Hall–Kier alpha value is -0.800. The van der Waals surface area contributed by atoms with E-state index in [1.165, 1.54) is 26.6 Å². The molecule has 0 bridgehead atoms. The van der Waals surface area contributed by atoms with Crippen LogP contribution < -0.4 is 5.32 Å². The molecule has 2 nitrogen and oxygen atoms in total. The summed E-state index contributed by atoms with van der Waals surface area (Å²) in [5, 5.41) is 4.87. The largest absolute Gasteiger partial charge is 0.342 e. The molecule has 0 aliphatic carbocycles. The van der Waals surface area contributed by atoms with Crippen LogP contribution in [0.1, 0.15) is 18.2 Å². The Morgan fingerprint density at radius 2 is 2.31 bits per heavy atom. The summed E-state index contributed by atoms with van der Waals surface area (Å²) in [5.74, 6) is 0. The zero-order valence-corrected chi connectivity index (χ0v) is 11.0. The molecule has 0 radical (unpaired) electrons. The molecule has 84 valence electrons. The van der Waals surface area contributed by atoms with Crippen LogP contribution in [0.25, 0.3) is 10.9 Å². The molecule has 1 N–H and O–H groups in total. The monoisotopic (exact) mass is 278 g/mol. The van der Waals surface area contributed by atoms with Crippen molar-refractivity contribution in [2.75, 3.05) is 6.54 Å². The zero-order chi connectivity index (χ0) is 11.1. The van der Waals surface area contributed by atoms with Crippen LogP contribution in [0.2, 0.25) is 0 Å². The summed E-state index contributed by atoms with van der Waals surface area (Å²) in [7, 11) is 0. The van der Waals surface area contributed by atoms with Gasteiger partial charge in [-0.3, -0.25) is 0 Å². The lowest BCUT2D eigenvalue weighted by Gasteiger charge is -2.18. The normalized spacial score (nSPS) is 15.4. The molecule has 0 saturated carbocycles. The number of benzene rings is 1. The second kappa shape index (κ2) is 3.90. The van der Waals surface area contributed by atoms with Crippen molar-refractivity contribution >= 4 is 26.8 Å². The Kier molecular flexibility index (Phi) is 2.52. The van der Waals surface area contributed by atoms with Gasteiger partial charge in [0.05, 0.1) is 0 Å². The van der Waals surface area contributed by atoms with Gasteiger partial charge in [-0.15, -0.1) is 0 Å². The minimum absolute atomic E-state index is 1.01. The maximum atomic E-state index is 3.56. The van der Waals surface area contributed by atoms with Gasteiger partial charge in [-0.1, -0.05) is 22.9 Å². The molecule has 0 unspecified atom stereocenters. The summed E-state index contributed by atoms with van der Waals surface area (Å²) in [5.41, 5.74) is 4.36. The molecule has 2 heterocycles. The molecule has 0 amide bonds. The minimum atomic E-state index is 1.01. The fraction of sp³-hybridized carbons (Fsp3) is 0.385. The summed E-state index contributed by atoms with van der Waals surface area (Å²) in [6.07, 6.45) is 1.11. The van der Waals surface area contributed by atoms with E-state index in [2.05, 4.69) is 50.9 Å². The van der Waals surface area contributed by atoms with Gasteiger partial charge in [-0.05, 0) is 30.2 Å². The Morgan fingerprint density at radius 3 is 3.12 bits per heavy atom. The summed E-state index contributed by atoms with van der Waals surface area (Å²) >= 11 is 3.56. The van der Waals surface area contributed by atoms with Crippen molar-refractivity contribution in [3.63, 3.8) is 0 Å². The van der Waals surface area contributed by atoms with E-state index in [0.29, 0.717) is 0 Å². The van der Waals surface area contributed by atoms with E-state index in [0.717, 1.165) is 26.1 Å². The Bertz CT molecular complexity index is 542. The molecule has 1 aliphatic rings. The van der Waals surface area contributed by atoms with Crippen molar-refractivity contribution in [1.29, 1.82) is 0 Å². The first-order chi connectivity index (χ1) is 7.81. The average Bonchev–Trinajstić information content (AvgIpc) is 2.61. The standard InChI is InChI=1S/C13H15BrN2/c1-2-10-11-7-9(14)3-4-12(11)16-6-5-15-8-13(10)16/h3-4,7,15H,2,5-6,8H2,1H3. The third-order valence-electron chi connectivity index (χ3n) is 3.41. The van der Waals surface area contributed by atoms with Crippen molar-refractivity contribution in [3.8, 4) is 0 Å². The lowest BCUT2D eigenvalue weighted by molar-refractivity contribution is 0.523. The summed E-state index contributed by atoms with van der Waals surface area (Å²) in [4.78, 5) is 0.